The van der Waals surface area contributed by atoms with Gasteiger partial charge in [0.15, 0.2) is 0 Å². The van der Waals surface area contributed by atoms with E-state index in [-0.39, 0.29) is 0 Å². The zero-order chi connectivity index (χ0) is 15.3. The SMILES string of the molecule is O=C(O)CCN1C(F)(F)C(F)(F)OC(F)(F)C1(F)F. The molecule has 0 unspecified atom stereocenters. The largest absolute Gasteiger partial charge is 0.481 e. The zero-order valence-electron chi connectivity index (χ0n) is 8.65. The predicted octanol–water partition coefficient (Wildman–Crippen LogP) is 2.16. The minimum atomic E-state index is -5.91. The van der Waals surface area contributed by atoms with Crippen molar-refractivity contribution < 1.29 is 49.8 Å². The number of alkyl halides is 8. The van der Waals surface area contributed by atoms with Gasteiger partial charge in [-0.2, -0.15) is 40.0 Å². The van der Waals surface area contributed by atoms with Crippen LogP contribution in [0.4, 0.5) is 35.1 Å². The van der Waals surface area contributed by atoms with E-state index in [0.717, 1.165) is 0 Å². The molecule has 0 aromatic rings. The number of nitrogens with zero attached hydrogens (tertiary/aromatic N) is 1. The lowest BCUT2D eigenvalue weighted by Crippen LogP contribution is -2.74. The number of rotatable bonds is 3. The van der Waals surface area contributed by atoms with Gasteiger partial charge >= 0.3 is 30.3 Å². The van der Waals surface area contributed by atoms with E-state index in [4.69, 9.17) is 5.11 Å². The topological polar surface area (TPSA) is 49.8 Å². The Hall–Kier alpha value is -1.17. The van der Waals surface area contributed by atoms with Crippen LogP contribution >= 0.6 is 0 Å². The fraction of sp³-hybridized carbons (Fsp3) is 0.857. The molecule has 0 spiro atoms. The summed E-state index contributed by atoms with van der Waals surface area (Å²) in [5.74, 6) is -1.91. The summed E-state index contributed by atoms with van der Waals surface area (Å²) in [4.78, 5) is 8.19. The molecular weight excluding hydrogens is 298 g/mol. The highest BCUT2D eigenvalue weighted by Crippen LogP contribution is 2.55. The normalized spacial score (nSPS) is 28.0. The molecule has 1 saturated heterocycles. The summed E-state index contributed by atoms with van der Waals surface area (Å²) in [6, 6.07) is -11.6. The molecule has 12 heteroatoms. The Morgan fingerprint density at radius 2 is 1.32 bits per heavy atom. The van der Waals surface area contributed by atoms with Crippen LogP contribution in [0.25, 0.3) is 0 Å². The summed E-state index contributed by atoms with van der Waals surface area (Å²) in [5.41, 5.74) is 0. The van der Waals surface area contributed by atoms with Crippen LogP contribution in [0.1, 0.15) is 6.42 Å². The van der Waals surface area contributed by atoms with E-state index in [0.29, 0.717) is 0 Å². The highest BCUT2D eigenvalue weighted by molar-refractivity contribution is 5.66. The van der Waals surface area contributed by atoms with E-state index in [2.05, 4.69) is 4.74 Å². The van der Waals surface area contributed by atoms with Gasteiger partial charge in [0.2, 0.25) is 0 Å². The van der Waals surface area contributed by atoms with Gasteiger partial charge in [0, 0.05) is 6.54 Å². The summed E-state index contributed by atoms with van der Waals surface area (Å²) in [6.45, 7) is -1.93. The second kappa shape index (κ2) is 4.16. The van der Waals surface area contributed by atoms with E-state index in [1.165, 1.54) is 0 Å². The first-order chi connectivity index (χ1) is 8.26. The Kier molecular flexibility index (Phi) is 3.48. The lowest BCUT2D eigenvalue weighted by atomic mass is 10.2. The molecule has 0 radical (unpaired) electrons. The Morgan fingerprint density at radius 1 is 0.947 bits per heavy atom. The quantitative estimate of drug-likeness (QED) is 0.641. The van der Waals surface area contributed by atoms with Gasteiger partial charge in [0.25, 0.3) is 0 Å². The van der Waals surface area contributed by atoms with Crippen LogP contribution in [0.3, 0.4) is 0 Å². The van der Waals surface area contributed by atoms with Gasteiger partial charge in [-0.15, -0.1) is 0 Å². The van der Waals surface area contributed by atoms with Gasteiger partial charge in [-0.05, 0) is 0 Å². The summed E-state index contributed by atoms with van der Waals surface area (Å²) in [6.07, 6.45) is -13.3. The van der Waals surface area contributed by atoms with Crippen LogP contribution < -0.4 is 0 Å². The number of halogens is 8. The fourth-order valence-electron chi connectivity index (χ4n) is 1.26. The van der Waals surface area contributed by atoms with Crippen molar-refractivity contribution in [1.82, 2.24) is 4.90 Å². The standard InChI is InChI=1S/C7H5F8NO3/c8-4(9)6(12,13)19-7(14,15)5(10,11)16(4)2-1-3(17)18/h1-2H2,(H,17,18). The molecule has 0 bridgehead atoms. The number of hydrogen-bond acceptors (Lipinski definition) is 3. The van der Waals surface area contributed by atoms with Crippen LogP contribution in [-0.2, 0) is 9.53 Å². The first-order valence-electron chi connectivity index (χ1n) is 4.46. The molecule has 1 rings (SSSR count). The van der Waals surface area contributed by atoms with Crippen molar-refractivity contribution in [3.8, 4) is 0 Å². The average molecular weight is 303 g/mol. The number of carboxylic acids is 1. The van der Waals surface area contributed by atoms with E-state index in [9.17, 15) is 39.9 Å². The maximum absolute atomic E-state index is 13.0. The average Bonchev–Trinajstić information content (AvgIpc) is 2.12. The molecule has 19 heavy (non-hydrogen) atoms. The van der Waals surface area contributed by atoms with Crippen molar-refractivity contribution in [2.24, 2.45) is 0 Å². The van der Waals surface area contributed by atoms with Crippen molar-refractivity contribution in [1.29, 1.82) is 0 Å². The lowest BCUT2D eigenvalue weighted by molar-refractivity contribution is -0.562. The molecule has 1 aliphatic rings. The van der Waals surface area contributed by atoms with Crippen LogP contribution in [0.15, 0.2) is 0 Å². The first kappa shape index (κ1) is 15.9. The number of carboxylic acid groups (broad SMARTS) is 1. The third-order valence-corrected chi connectivity index (χ3v) is 2.18. The molecular formula is C7H5F8NO3. The fourth-order valence-corrected chi connectivity index (χ4v) is 1.26. The number of ether oxygens (including phenoxy) is 1. The number of carbonyl (C=O) groups is 1. The van der Waals surface area contributed by atoms with Crippen molar-refractivity contribution >= 4 is 5.97 Å². The molecule has 0 amide bonds. The molecule has 1 N–H and O–H groups in total. The van der Waals surface area contributed by atoms with E-state index in [1.807, 2.05) is 0 Å². The summed E-state index contributed by atoms with van der Waals surface area (Å²) < 4.78 is 105. The second-order valence-corrected chi connectivity index (χ2v) is 3.51. The Labute approximate surface area is 99.1 Å². The lowest BCUT2D eigenvalue weighted by Gasteiger charge is -2.47. The monoisotopic (exact) mass is 303 g/mol. The third kappa shape index (κ3) is 2.33. The van der Waals surface area contributed by atoms with Crippen LogP contribution in [0, 0.1) is 0 Å². The molecule has 0 aliphatic carbocycles. The maximum atomic E-state index is 13.0. The second-order valence-electron chi connectivity index (χ2n) is 3.51. The van der Waals surface area contributed by atoms with Crippen molar-refractivity contribution in [3.05, 3.63) is 0 Å². The van der Waals surface area contributed by atoms with Gasteiger partial charge in [-0.3, -0.25) is 4.79 Å². The van der Waals surface area contributed by atoms with Crippen molar-refractivity contribution in [2.75, 3.05) is 6.54 Å². The highest BCUT2D eigenvalue weighted by atomic mass is 19.4. The van der Waals surface area contributed by atoms with Gasteiger partial charge in [-0.1, -0.05) is 0 Å². The highest BCUT2D eigenvalue weighted by Gasteiger charge is 2.82. The summed E-state index contributed by atoms with van der Waals surface area (Å²) >= 11 is 0. The van der Waals surface area contributed by atoms with Crippen LogP contribution in [0.5, 0.6) is 0 Å². The molecule has 112 valence electrons. The summed E-state index contributed by atoms with van der Waals surface area (Å²) in [5, 5.41) is 8.12. The van der Waals surface area contributed by atoms with E-state index < -0.39 is 48.1 Å². The van der Waals surface area contributed by atoms with Crippen LogP contribution in [-0.4, -0.2) is 46.8 Å². The minimum Gasteiger partial charge on any atom is -0.481 e. The molecule has 4 nitrogen and oxygen atoms in total. The van der Waals surface area contributed by atoms with E-state index in [1.54, 1.807) is 0 Å². The molecule has 1 heterocycles. The molecule has 0 aromatic heterocycles. The molecule has 1 aliphatic heterocycles. The zero-order valence-corrected chi connectivity index (χ0v) is 8.65. The van der Waals surface area contributed by atoms with E-state index >= 15 is 0 Å². The summed E-state index contributed by atoms with van der Waals surface area (Å²) in [7, 11) is 0. The molecule has 0 aromatic carbocycles. The van der Waals surface area contributed by atoms with Gasteiger partial charge in [0.05, 0.1) is 6.42 Å². The van der Waals surface area contributed by atoms with Crippen molar-refractivity contribution in [3.63, 3.8) is 0 Å². The maximum Gasteiger partial charge on any atom is 0.439 e. The van der Waals surface area contributed by atoms with Crippen molar-refractivity contribution in [2.45, 2.75) is 30.7 Å². The van der Waals surface area contributed by atoms with Gasteiger partial charge < -0.3 is 5.11 Å². The molecule has 1 fully saturated rings. The number of morpholine rings is 1. The molecule has 0 saturated carbocycles. The Bertz CT molecular complexity index is 359. The Balaban J connectivity index is 3.21. The first-order valence-corrected chi connectivity index (χ1v) is 4.46. The van der Waals surface area contributed by atoms with Gasteiger partial charge in [0.1, 0.15) is 0 Å². The third-order valence-electron chi connectivity index (χ3n) is 2.18. The molecule has 0 atom stereocenters. The number of aliphatic carboxylic acids is 1. The minimum absolute atomic E-state index is 1.47. The smallest absolute Gasteiger partial charge is 0.439 e. The van der Waals surface area contributed by atoms with Gasteiger partial charge in [-0.25, -0.2) is 4.74 Å². The predicted molar refractivity (Wildman–Crippen MR) is 39.8 cm³/mol. The van der Waals surface area contributed by atoms with Crippen LogP contribution in [0.2, 0.25) is 0 Å². The number of hydrogen-bond donors (Lipinski definition) is 1. The Morgan fingerprint density at radius 3 is 1.63 bits per heavy atom.